The maximum absolute atomic E-state index is 12.5. The van der Waals surface area contributed by atoms with Crippen molar-refractivity contribution >= 4 is 22.0 Å². The molecule has 2 aromatic rings. The van der Waals surface area contributed by atoms with Crippen molar-refractivity contribution in [3.63, 3.8) is 0 Å². The maximum atomic E-state index is 12.5. The summed E-state index contributed by atoms with van der Waals surface area (Å²) in [6, 6.07) is 14.8. The normalized spacial score (nSPS) is 12.9. The zero-order valence-electron chi connectivity index (χ0n) is 17.3. The van der Waals surface area contributed by atoms with Gasteiger partial charge in [-0.2, -0.15) is 0 Å². The maximum Gasteiger partial charge on any atom is 0.246 e. The Morgan fingerprint density at radius 1 is 1.17 bits per heavy atom. The molecule has 0 aromatic heterocycles. The molecule has 7 heteroatoms. The highest BCUT2D eigenvalue weighted by atomic mass is 32.2. The van der Waals surface area contributed by atoms with E-state index >= 15 is 0 Å². The fourth-order valence-electron chi connectivity index (χ4n) is 2.87. The van der Waals surface area contributed by atoms with Gasteiger partial charge in [-0.1, -0.05) is 43.3 Å². The van der Waals surface area contributed by atoms with Crippen LogP contribution in [-0.4, -0.2) is 46.4 Å². The summed E-state index contributed by atoms with van der Waals surface area (Å²) < 4.78 is 31.3. The van der Waals surface area contributed by atoms with Gasteiger partial charge >= 0.3 is 0 Å². The number of carbonyl (C=O) groups excluding carboxylic acids is 1. The first kappa shape index (κ1) is 22.6. The second kappa shape index (κ2) is 10.2. The van der Waals surface area contributed by atoms with Gasteiger partial charge in [-0.05, 0) is 35.8 Å². The van der Waals surface area contributed by atoms with Gasteiger partial charge in [0.1, 0.15) is 10.6 Å². The van der Waals surface area contributed by atoms with Crippen molar-refractivity contribution in [3.05, 3.63) is 65.7 Å². The van der Waals surface area contributed by atoms with Crippen LogP contribution in [0.1, 0.15) is 30.4 Å². The van der Waals surface area contributed by atoms with Crippen molar-refractivity contribution in [2.45, 2.75) is 24.2 Å². The first-order chi connectivity index (χ1) is 13.8. The molecule has 0 heterocycles. The number of carbonyl (C=O) groups is 1. The van der Waals surface area contributed by atoms with E-state index in [-0.39, 0.29) is 22.5 Å². The zero-order chi connectivity index (χ0) is 21.4. The van der Waals surface area contributed by atoms with Gasteiger partial charge in [-0.3, -0.25) is 4.79 Å². The first-order valence-electron chi connectivity index (χ1n) is 9.41. The second-order valence-corrected chi connectivity index (χ2v) is 8.91. The Kier molecular flexibility index (Phi) is 7.99. The molecule has 0 saturated heterocycles. The minimum absolute atomic E-state index is 0.0580. The van der Waals surface area contributed by atoms with Crippen LogP contribution < -0.4 is 10.1 Å². The van der Waals surface area contributed by atoms with E-state index in [0.717, 1.165) is 10.7 Å². The third kappa shape index (κ3) is 5.92. The van der Waals surface area contributed by atoms with Crippen LogP contribution in [0.15, 0.2) is 59.5 Å². The molecule has 0 aliphatic heterocycles. The lowest BCUT2D eigenvalue weighted by Gasteiger charge is -2.15. The van der Waals surface area contributed by atoms with Crippen LogP contribution in [0.5, 0.6) is 5.75 Å². The summed E-state index contributed by atoms with van der Waals surface area (Å²) in [6.07, 6.45) is 3.91. The fourth-order valence-corrected chi connectivity index (χ4v) is 3.96. The molecule has 0 saturated carbocycles. The molecule has 6 nitrogen and oxygen atoms in total. The van der Waals surface area contributed by atoms with Crippen LogP contribution in [0.2, 0.25) is 0 Å². The largest absolute Gasteiger partial charge is 0.495 e. The van der Waals surface area contributed by atoms with E-state index in [0.29, 0.717) is 12.1 Å². The van der Waals surface area contributed by atoms with Gasteiger partial charge in [-0.25, -0.2) is 12.7 Å². The zero-order valence-corrected chi connectivity index (χ0v) is 18.1. The summed E-state index contributed by atoms with van der Waals surface area (Å²) in [7, 11) is 0.678. The summed E-state index contributed by atoms with van der Waals surface area (Å²) in [4.78, 5) is 12.3. The van der Waals surface area contributed by atoms with E-state index in [9.17, 15) is 13.2 Å². The van der Waals surface area contributed by atoms with Crippen LogP contribution in [0, 0.1) is 0 Å². The Hall–Kier alpha value is -2.64. The molecule has 0 fully saturated rings. The SMILES string of the molecule is CCC(CNC(=O)/C=C/c1ccc(OC)c(S(=O)(=O)N(C)C)c1)c1ccccc1. The van der Waals surface area contributed by atoms with Gasteiger partial charge in [0, 0.05) is 32.6 Å². The summed E-state index contributed by atoms with van der Waals surface area (Å²) in [5, 5.41) is 2.91. The van der Waals surface area contributed by atoms with Gasteiger partial charge in [0.05, 0.1) is 7.11 Å². The average molecular weight is 417 g/mol. The van der Waals surface area contributed by atoms with E-state index in [1.165, 1.54) is 38.9 Å². The number of benzene rings is 2. The smallest absolute Gasteiger partial charge is 0.246 e. The quantitative estimate of drug-likeness (QED) is 0.637. The number of amides is 1. The molecule has 0 aliphatic carbocycles. The molecule has 0 bridgehead atoms. The fraction of sp³-hybridized carbons (Fsp3) is 0.318. The molecule has 0 aliphatic rings. The molecule has 2 aromatic carbocycles. The number of nitrogens with one attached hydrogen (secondary N) is 1. The van der Waals surface area contributed by atoms with Crippen LogP contribution >= 0.6 is 0 Å². The van der Waals surface area contributed by atoms with Crippen LogP contribution in [0.4, 0.5) is 0 Å². The van der Waals surface area contributed by atoms with Gasteiger partial charge in [0.15, 0.2) is 0 Å². The minimum Gasteiger partial charge on any atom is -0.495 e. The van der Waals surface area contributed by atoms with Crippen LogP contribution in [0.25, 0.3) is 6.08 Å². The molecule has 0 radical (unpaired) electrons. The van der Waals surface area contributed by atoms with Crippen molar-refractivity contribution in [1.29, 1.82) is 0 Å². The van der Waals surface area contributed by atoms with Crippen molar-refractivity contribution in [2.75, 3.05) is 27.7 Å². The lowest BCUT2D eigenvalue weighted by molar-refractivity contribution is -0.116. The number of rotatable bonds is 9. The molecule has 1 unspecified atom stereocenters. The summed E-state index contributed by atoms with van der Waals surface area (Å²) in [6.45, 7) is 2.62. The standard InChI is InChI=1S/C22H28N2O4S/c1-5-18(19-9-7-6-8-10-19)16-23-22(25)14-12-17-11-13-20(28-4)21(15-17)29(26,27)24(2)3/h6-15,18H,5,16H2,1-4H3,(H,23,25)/b14-12+. The van der Waals surface area contributed by atoms with E-state index in [1.807, 2.05) is 18.2 Å². The predicted octanol–water partition coefficient (Wildman–Crippen LogP) is 3.27. The van der Waals surface area contributed by atoms with Crippen molar-refractivity contribution in [2.24, 2.45) is 0 Å². The van der Waals surface area contributed by atoms with E-state index < -0.39 is 10.0 Å². The highest BCUT2D eigenvalue weighted by Crippen LogP contribution is 2.27. The van der Waals surface area contributed by atoms with Gasteiger partial charge < -0.3 is 10.1 Å². The van der Waals surface area contributed by atoms with E-state index in [2.05, 4.69) is 24.4 Å². The number of hydrogen-bond donors (Lipinski definition) is 1. The molecule has 0 spiro atoms. The minimum atomic E-state index is -3.66. The Bertz CT molecular complexity index is 954. The molecule has 1 atom stereocenters. The van der Waals surface area contributed by atoms with Crippen molar-refractivity contribution in [1.82, 2.24) is 9.62 Å². The first-order valence-corrected chi connectivity index (χ1v) is 10.8. The highest BCUT2D eigenvalue weighted by Gasteiger charge is 2.22. The Labute approximate surface area is 173 Å². The Morgan fingerprint density at radius 2 is 1.86 bits per heavy atom. The second-order valence-electron chi connectivity index (χ2n) is 6.79. The van der Waals surface area contributed by atoms with Crippen molar-refractivity contribution in [3.8, 4) is 5.75 Å². The van der Waals surface area contributed by atoms with Gasteiger partial charge in [0.25, 0.3) is 0 Å². The van der Waals surface area contributed by atoms with Gasteiger partial charge in [-0.15, -0.1) is 0 Å². The number of sulfonamides is 1. The molecule has 29 heavy (non-hydrogen) atoms. The lowest BCUT2D eigenvalue weighted by Crippen LogP contribution is -2.26. The van der Waals surface area contributed by atoms with Crippen LogP contribution in [-0.2, 0) is 14.8 Å². The number of methoxy groups -OCH3 is 1. The van der Waals surface area contributed by atoms with Gasteiger partial charge in [0.2, 0.25) is 15.9 Å². The summed E-state index contributed by atoms with van der Waals surface area (Å²) in [5.74, 6) is 0.271. The molecule has 2 rings (SSSR count). The molecule has 1 N–H and O–H groups in total. The Morgan fingerprint density at radius 3 is 2.45 bits per heavy atom. The molecular formula is C22H28N2O4S. The van der Waals surface area contributed by atoms with Crippen LogP contribution in [0.3, 0.4) is 0 Å². The molecule has 156 valence electrons. The third-order valence-corrected chi connectivity index (χ3v) is 6.50. The monoisotopic (exact) mass is 416 g/mol. The van der Waals surface area contributed by atoms with E-state index in [4.69, 9.17) is 4.74 Å². The molecular weight excluding hydrogens is 388 g/mol. The predicted molar refractivity (Wildman–Crippen MR) is 115 cm³/mol. The Balaban J connectivity index is 2.10. The summed E-state index contributed by atoms with van der Waals surface area (Å²) in [5.41, 5.74) is 1.78. The number of nitrogens with zero attached hydrogens (tertiary/aromatic N) is 1. The summed E-state index contributed by atoms with van der Waals surface area (Å²) >= 11 is 0. The third-order valence-electron chi connectivity index (χ3n) is 4.66. The average Bonchev–Trinajstić information content (AvgIpc) is 2.73. The topological polar surface area (TPSA) is 75.7 Å². The van der Waals surface area contributed by atoms with Crippen molar-refractivity contribution < 1.29 is 17.9 Å². The lowest BCUT2D eigenvalue weighted by atomic mass is 9.96. The number of hydrogen-bond acceptors (Lipinski definition) is 4. The van der Waals surface area contributed by atoms with E-state index in [1.54, 1.807) is 18.2 Å². The highest BCUT2D eigenvalue weighted by molar-refractivity contribution is 7.89. The molecule has 1 amide bonds. The number of ether oxygens (including phenoxy) is 1.